The lowest BCUT2D eigenvalue weighted by molar-refractivity contribution is -0.146. The summed E-state index contributed by atoms with van der Waals surface area (Å²) in [5.41, 5.74) is 2.58. The summed E-state index contributed by atoms with van der Waals surface area (Å²) in [5, 5.41) is 12.2. The maximum atomic E-state index is 12.3. The molecule has 2 aliphatic rings. The van der Waals surface area contributed by atoms with Gasteiger partial charge < -0.3 is 10.4 Å². The molecule has 1 aromatic rings. The highest BCUT2D eigenvalue weighted by Gasteiger charge is 2.38. The standard InChI is InChI=1S/C16H19NO3/c18-15(13-6-3-7-14(13)16(19)20)17-12-8-10-4-1-2-5-11(10)9-12/h1-2,4-5,12-14H,3,6-9H2,(H,17,18)(H,19,20). The molecule has 0 aromatic heterocycles. The quantitative estimate of drug-likeness (QED) is 0.882. The fourth-order valence-electron chi connectivity index (χ4n) is 3.54. The molecule has 1 aromatic carbocycles. The van der Waals surface area contributed by atoms with Crippen LogP contribution >= 0.6 is 0 Å². The number of benzene rings is 1. The van der Waals surface area contributed by atoms with Crippen LogP contribution in [0.1, 0.15) is 30.4 Å². The molecule has 0 bridgehead atoms. The maximum absolute atomic E-state index is 12.3. The first-order valence-electron chi connectivity index (χ1n) is 7.25. The van der Waals surface area contributed by atoms with Crippen molar-refractivity contribution in [2.24, 2.45) is 11.8 Å². The number of aliphatic carboxylic acids is 1. The highest BCUT2D eigenvalue weighted by molar-refractivity contribution is 5.85. The normalized spacial score (nSPS) is 25.4. The molecule has 20 heavy (non-hydrogen) atoms. The van der Waals surface area contributed by atoms with E-state index in [0.29, 0.717) is 12.8 Å². The average molecular weight is 273 g/mol. The van der Waals surface area contributed by atoms with Gasteiger partial charge in [0.15, 0.2) is 0 Å². The minimum Gasteiger partial charge on any atom is -0.481 e. The molecule has 2 unspecified atom stereocenters. The van der Waals surface area contributed by atoms with Crippen LogP contribution in [0.25, 0.3) is 0 Å². The van der Waals surface area contributed by atoms with Crippen LogP contribution < -0.4 is 5.32 Å². The Bertz CT molecular complexity index is 515. The number of rotatable bonds is 3. The van der Waals surface area contributed by atoms with E-state index in [1.54, 1.807) is 0 Å². The molecule has 0 radical (unpaired) electrons. The summed E-state index contributed by atoms with van der Waals surface area (Å²) in [6.45, 7) is 0. The molecule has 1 fully saturated rings. The Kier molecular flexibility index (Phi) is 3.47. The molecule has 3 rings (SSSR count). The third-order valence-corrected chi connectivity index (χ3v) is 4.57. The van der Waals surface area contributed by atoms with E-state index in [1.807, 2.05) is 12.1 Å². The second-order valence-electron chi connectivity index (χ2n) is 5.86. The van der Waals surface area contributed by atoms with E-state index in [9.17, 15) is 9.59 Å². The first-order chi connectivity index (χ1) is 9.65. The van der Waals surface area contributed by atoms with Gasteiger partial charge in [0.05, 0.1) is 11.8 Å². The summed E-state index contributed by atoms with van der Waals surface area (Å²) in [6, 6.07) is 8.34. The molecule has 2 aliphatic carbocycles. The van der Waals surface area contributed by atoms with Gasteiger partial charge in [-0.1, -0.05) is 30.7 Å². The number of carboxylic acid groups (broad SMARTS) is 1. The molecule has 1 amide bonds. The van der Waals surface area contributed by atoms with Crippen molar-refractivity contribution in [3.05, 3.63) is 35.4 Å². The van der Waals surface area contributed by atoms with E-state index < -0.39 is 11.9 Å². The Balaban J connectivity index is 1.62. The number of nitrogens with one attached hydrogen (secondary N) is 1. The molecular formula is C16H19NO3. The predicted octanol–water partition coefficient (Wildman–Crippen LogP) is 1.77. The van der Waals surface area contributed by atoms with Crippen molar-refractivity contribution in [2.75, 3.05) is 0 Å². The van der Waals surface area contributed by atoms with E-state index in [0.717, 1.165) is 19.3 Å². The van der Waals surface area contributed by atoms with E-state index in [1.165, 1.54) is 11.1 Å². The molecule has 4 nitrogen and oxygen atoms in total. The number of carboxylic acids is 1. The summed E-state index contributed by atoms with van der Waals surface area (Å²) in [6.07, 6.45) is 3.86. The van der Waals surface area contributed by atoms with Gasteiger partial charge >= 0.3 is 5.97 Å². The molecule has 0 aliphatic heterocycles. The molecule has 0 spiro atoms. The monoisotopic (exact) mass is 273 g/mol. The smallest absolute Gasteiger partial charge is 0.307 e. The molecule has 106 valence electrons. The van der Waals surface area contributed by atoms with Crippen LogP contribution in [-0.2, 0) is 22.4 Å². The van der Waals surface area contributed by atoms with E-state index >= 15 is 0 Å². The van der Waals surface area contributed by atoms with E-state index in [4.69, 9.17) is 5.11 Å². The summed E-state index contributed by atoms with van der Waals surface area (Å²) in [5.74, 6) is -1.76. The number of fused-ring (bicyclic) bond motifs is 1. The number of hydrogen-bond acceptors (Lipinski definition) is 2. The van der Waals surface area contributed by atoms with Crippen molar-refractivity contribution in [1.82, 2.24) is 5.32 Å². The van der Waals surface area contributed by atoms with Crippen LogP contribution in [0.3, 0.4) is 0 Å². The van der Waals surface area contributed by atoms with Crippen LogP contribution in [0.4, 0.5) is 0 Å². The SMILES string of the molecule is O=C(O)C1CCCC1C(=O)NC1Cc2ccccc2C1. The summed E-state index contributed by atoms with van der Waals surface area (Å²) in [7, 11) is 0. The number of carbonyl (C=O) groups excluding carboxylic acids is 1. The zero-order valence-corrected chi connectivity index (χ0v) is 11.3. The Morgan fingerprint density at radius 2 is 1.65 bits per heavy atom. The first kappa shape index (κ1) is 13.2. The minimum absolute atomic E-state index is 0.0762. The molecule has 0 heterocycles. The lowest BCUT2D eigenvalue weighted by Crippen LogP contribution is -2.41. The van der Waals surface area contributed by atoms with Gasteiger partial charge in [0.25, 0.3) is 0 Å². The second-order valence-corrected chi connectivity index (χ2v) is 5.86. The third-order valence-electron chi connectivity index (χ3n) is 4.57. The molecule has 0 saturated heterocycles. The zero-order valence-electron chi connectivity index (χ0n) is 11.3. The van der Waals surface area contributed by atoms with Crippen molar-refractivity contribution in [2.45, 2.75) is 38.1 Å². The molecule has 4 heteroatoms. The second kappa shape index (κ2) is 5.27. The molecule has 2 atom stereocenters. The van der Waals surface area contributed by atoms with Gasteiger partial charge in [-0.25, -0.2) is 0 Å². The lowest BCUT2D eigenvalue weighted by atomic mass is 9.95. The molecule has 2 N–H and O–H groups in total. The Morgan fingerprint density at radius 3 is 2.25 bits per heavy atom. The van der Waals surface area contributed by atoms with E-state index in [2.05, 4.69) is 17.4 Å². The highest BCUT2D eigenvalue weighted by Crippen LogP contribution is 2.32. The van der Waals surface area contributed by atoms with Gasteiger partial charge in [0.2, 0.25) is 5.91 Å². The predicted molar refractivity (Wildman–Crippen MR) is 74.2 cm³/mol. The fraction of sp³-hybridized carbons (Fsp3) is 0.500. The van der Waals surface area contributed by atoms with Gasteiger partial charge in [-0.2, -0.15) is 0 Å². The Morgan fingerprint density at radius 1 is 1.05 bits per heavy atom. The molecule has 1 saturated carbocycles. The highest BCUT2D eigenvalue weighted by atomic mass is 16.4. The van der Waals surface area contributed by atoms with Gasteiger partial charge in [-0.3, -0.25) is 9.59 Å². The van der Waals surface area contributed by atoms with Crippen LogP contribution in [0, 0.1) is 11.8 Å². The Hall–Kier alpha value is -1.84. The number of hydrogen-bond donors (Lipinski definition) is 2. The third kappa shape index (κ3) is 2.42. The van der Waals surface area contributed by atoms with E-state index in [-0.39, 0.29) is 17.9 Å². The fourth-order valence-corrected chi connectivity index (χ4v) is 3.54. The maximum Gasteiger partial charge on any atom is 0.307 e. The summed E-state index contributed by atoms with van der Waals surface area (Å²) < 4.78 is 0. The lowest BCUT2D eigenvalue weighted by Gasteiger charge is -2.19. The first-order valence-corrected chi connectivity index (χ1v) is 7.25. The van der Waals surface area contributed by atoms with Crippen molar-refractivity contribution < 1.29 is 14.7 Å². The van der Waals surface area contributed by atoms with Crippen molar-refractivity contribution in [1.29, 1.82) is 0 Å². The van der Waals surface area contributed by atoms with Crippen LogP contribution in [0.15, 0.2) is 24.3 Å². The minimum atomic E-state index is -0.836. The topological polar surface area (TPSA) is 66.4 Å². The average Bonchev–Trinajstić information content (AvgIpc) is 3.04. The van der Waals surface area contributed by atoms with Gasteiger partial charge in [-0.05, 0) is 36.8 Å². The van der Waals surface area contributed by atoms with Gasteiger partial charge in [0, 0.05) is 6.04 Å². The van der Waals surface area contributed by atoms with Crippen molar-refractivity contribution in [3.8, 4) is 0 Å². The van der Waals surface area contributed by atoms with Crippen molar-refractivity contribution >= 4 is 11.9 Å². The van der Waals surface area contributed by atoms with Crippen molar-refractivity contribution in [3.63, 3.8) is 0 Å². The molecular weight excluding hydrogens is 254 g/mol. The van der Waals surface area contributed by atoms with Crippen LogP contribution in [0.5, 0.6) is 0 Å². The summed E-state index contributed by atoms with van der Waals surface area (Å²) >= 11 is 0. The summed E-state index contributed by atoms with van der Waals surface area (Å²) in [4.78, 5) is 23.4. The van der Waals surface area contributed by atoms with Gasteiger partial charge in [0.1, 0.15) is 0 Å². The Labute approximate surface area is 118 Å². The number of carbonyl (C=O) groups is 2. The largest absolute Gasteiger partial charge is 0.481 e. The number of amides is 1. The van der Waals surface area contributed by atoms with Gasteiger partial charge in [-0.15, -0.1) is 0 Å². The van der Waals surface area contributed by atoms with Crippen LogP contribution in [0.2, 0.25) is 0 Å². The zero-order chi connectivity index (χ0) is 14.1. The van der Waals surface area contributed by atoms with Crippen LogP contribution in [-0.4, -0.2) is 23.0 Å².